The molecule has 0 radical (unpaired) electrons. The Kier molecular flexibility index (Phi) is 7.19. The van der Waals surface area contributed by atoms with Crippen LogP contribution in [0.1, 0.15) is 25.0 Å². The molecule has 0 fully saturated rings. The van der Waals surface area contributed by atoms with Crippen molar-refractivity contribution in [3.05, 3.63) is 193 Å². The molecule has 0 aliphatic heterocycles. The van der Waals surface area contributed by atoms with Gasteiger partial charge in [0.1, 0.15) is 0 Å². The zero-order chi connectivity index (χ0) is 35.5. The van der Waals surface area contributed by atoms with Gasteiger partial charge in [-0.3, -0.25) is 0 Å². The van der Waals surface area contributed by atoms with Gasteiger partial charge in [0.2, 0.25) is 0 Å². The fourth-order valence-corrected chi connectivity index (χ4v) is 8.41. The largest absolute Gasteiger partial charge is 0.228 e. The molecule has 2 heteroatoms. The van der Waals surface area contributed by atoms with Crippen molar-refractivity contribution < 1.29 is 0 Å². The van der Waals surface area contributed by atoms with Crippen LogP contribution in [0, 0.1) is 0 Å². The van der Waals surface area contributed by atoms with Gasteiger partial charge in [-0.2, -0.15) is 0 Å². The monoisotopic (exact) mass is 676 g/mol. The lowest BCUT2D eigenvalue weighted by molar-refractivity contribution is 0.660. The van der Waals surface area contributed by atoms with Crippen molar-refractivity contribution in [2.45, 2.75) is 19.3 Å². The number of hydrogen-bond acceptors (Lipinski definition) is 2. The van der Waals surface area contributed by atoms with Crippen LogP contribution in [0.5, 0.6) is 0 Å². The lowest BCUT2D eigenvalue weighted by atomic mass is 9.82. The number of aromatic nitrogens is 2. The van der Waals surface area contributed by atoms with Gasteiger partial charge < -0.3 is 0 Å². The lowest BCUT2D eigenvalue weighted by Gasteiger charge is -2.21. The van der Waals surface area contributed by atoms with E-state index in [9.17, 15) is 0 Å². The maximum atomic E-state index is 5.29. The van der Waals surface area contributed by atoms with E-state index in [0.717, 1.165) is 39.2 Å². The summed E-state index contributed by atoms with van der Waals surface area (Å²) in [4.78, 5) is 10.5. The van der Waals surface area contributed by atoms with Crippen LogP contribution >= 0.6 is 0 Å². The van der Waals surface area contributed by atoms with Crippen LogP contribution in [-0.2, 0) is 5.41 Å². The van der Waals surface area contributed by atoms with Crippen LogP contribution in [-0.4, -0.2) is 9.97 Å². The SMILES string of the molecule is CC1(C)c2ccccc2-c2c(-c3ccc4cc(-c5cc(-c6c(-c7ccccc7)ccc7ccccc67)nc(-c6ccccc6)n5)ccc4c3)cccc21. The van der Waals surface area contributed by atoms with Crippen molar-refractivity contribution in [2.24, 2.45) is 0 Å². The molecule has 1 aliphatic carbocycles. The minimum Gasteiger partial charge on any atom is -0.228 e. The minimum absolute atomic E-state index is 0.0312. The van der Waals surface area contributed by atoms with Gasteiger partial charge in [0.05, 0.1) is 11.4 Å². The average Bonchev–Trinajstić information content (AvgIpc) is 3.46. The van der Waals surface area contributed by atoms with Crippen LogP contribution < -0.4 is 0 Å². The predicted octanol–water partition coefficient (Wildman–Crippen LogP) is 13.4. The zero-order valence-electron chi connectivity index (χ0n) is 29.7. The molecular weight excluding hydrogens is 641 g/mol. The van der Waals surface area contributed by atoms with E-state index in [4.69, 9.17) is 9.97 Å². The van der Waals surface area contributed by atoms with Crippen LogP contribution in [0.4, 0.5) is 0 Å². The molecule has 8 aromatic carbocycles. The van der Waals surface area contributed by atoms with Gasteiger partial charge in [-0.1, -0.05) is 178 Å². The van der Waals surface area contributed by atoms with Crippen molar-refractivity contribution in [2.75, 3.05) is 0 Å². The molecule has 1 aromatic heterocycles. The van der Waals surface area contributed by atoms with E-state index < -0.39 is 0 Å². The summed E-state index contributed by atoms with van der Waals surface area (Å²) in [5, 5.41) is 4.73. The van der Waals surface area contributed by atoms with E-state index in [0.29, 0.717) is 5.82 Å². The predicted molar refractivity (Wildman–Crippen MR) is 222 cm³/mol. The fourth-order valence-electron chi connectivity index (χ4n) is 8.41. The Balaban J connectivity index is 1.13. The highest BCUT2D eigenvalue weighted by atomic mass is 14.9. The van der Waals surface area contributed by atoms with E-state index in [2.05, 4.69) is 178 Å². The standard InChI is InChI=1S/C51H36N2/c1-51(2)44-22-12-11-20-43(44)48-41(21-13-23-45(48)51)38-26-24-37-31-39(27-25-36(37)30-38)46-32-47(53-50(52-46)35-17-7-4-8-18-35)49-40-19-10-9-16-34(40)28-29-42(49)33-14-5-3-6-15-33/h3-32H,1-2H3. The molecule has 2 nitrogen and oxygen atoms in total. The third-order valence-corrected chi connectivity index (χ3v) is 11.1. The van der Waals surface area contributed by atoms with Gasteiger partial charge >= 0.3 is 0 Å². The van der Waals surface area contributed by atoms with E-state index in [1.807, 2.05) is 18.2 Å². The molecule has 0 saturated carbocycles. The Bertz CT molecular complexity index is 2850. The summed E-state index contributed by atoms with van der Waals surface area (Å²) >= 11 is 0. The van der Waals surface area contributed by atoms with E-state index in [-0.39, 0.29) is 5.41 Å². The molecule has 0 amide bonds. The van der Waals surface area contributed by atoms with Gasteiger partial charge in [-0.15, -0.1) is 0 Å². The summed E-state index contributed by atoms with van der Waals surface area (Å²) in [6.45, 7) is 4.68. The van der Waals surface area contributed by atoms with Gasteiger partial charge in [0.25, 0.3) is 0 Å². The molecule has 53 heavy (non-hydrogen) atoms. The van der Waals surface area contributed by atoms with Gasteiger partial charge in [0, 0.05) is 22.1 Å². The third kappa shape index (κ3) is 5.18. The van der Waals surface area contributed by atoms with Crippen molar-refractivity contribution >= 4 is 21.5 Å². The van der Waals surface area contributed by atoms with Crippen molar-refractivity contribution in [1.29, 1.82) is 0 Å². The maximum Gasteiger partial charge on any atom is 0.160 e. The molecule has 10 rings (SSSR count). The lowest BCUT2D eigenvalue weighted by Crippen LogP contribution is -2.14. The molecule has 0 N–H and O–H groups in total. The summed E-state index contributed by atoms with van der Waals surface area (Å²) < 4.78 is 0. The van der Waals surface area contributed by atoms with E-state index >= 15 is 0 Å². The number of benzene rings is 8. The van der Waals surface area contributed by atoms with E-state index in [1.54, 1.807) is 0 Å². The summed E-state index contributed by atoms with van der Waals surface area (Å²) in [7, 11) is 0. The Hall–Kier alpha value is -6.64. The van der Waals surface area contributed by atoms with Crippen LogP contribution in [0.15, 0.2) is 182 Å². The normalized spacial score (nSPS) is 12.9. The van der Waals surface area contributed by atoms with Gasteiger partial charge in [-0.05, 0) is 84.3 Å². The third-order valence-electron chi connectivity index (χ3n) is 11.1. The summed E-state index contributed by atoms with van der Waals surface area (Å²) in [6.07, 6.45) is 0. The average molecular weight is 677 g/mol. The van der Waals surface area contributed by atoms with Crippen LogP contribution in [0.25, 0.3) is 88.8 Å². The molecular formula is C51H36N2. The Morgan fingerprint density at radius 2 is 0.943 bits per heavy atom. The first-order valence-corrected chi connectivity index (χ1v) is 18.3. The zero-order valence-corrected chi connectivity index (χ0v) is 29.7. The number of nitrogens with zero attached hydrogens (tertiary/aromatic N) is 2. The smallest absolute Gasteiger partial charge is 0.160 e. The second-order valence-electron chi connectivity index (χ2n) is 14.6. The Labute approximate surface area is 310 Å². The summed E-state index contributed by atoms with van der Waals surface area (Å²) in [6, 6.07) is 65.4. The molecule has 250 valence electrons. The van der Waals surface area contributed by atoms with Gasteiger partial charge in [0.15, 0.2) is 5.82 Å². The van der Waals surface area contributed by atoms with Crippen molar-refractivity contribution in [3.63, 3.8) is 0 Å². The quantitative estimate of drug-likeness (QED) is 0.181. The number of fused-ring (bicyclic) bond motifs is 5. The number of hydrogen-bond donors (Lipinski definition) is 0. The molecule has 0 unspecified atom stereocenters. The molecule has 1 heterocycles. The molecule has 0 atom stereocenters. The molecule has 0 bridgehead atoms. The summed E-state index contributed by atoms with van der Waals surface area (Å²) in [5.41, 5.74) is 15.2. The first kappa shape index (κ1) is 31.1. The molecule has 1 aliphatic rings. The fraction of sp³-hybridized carbons (Fsp3) is 0.0588. The first-order valence-electron chi connectivity index (χ1n) is 18.3. The maximum absolute atomic E-state index is 5.29. The first-order chi connectivity index (χ1) is 26.0. The Morgan fingerprint density at radius 1 is 0.358 bits per heavy atom. The summed E-state index contributed by atoms with van der Waals surface area (Å²) in [5.74, 6) is 0.710. The van der Waals surface area contributed by atoms with Gasteiger partial charge in [-0.25, -0.2) is 9.97 Å². The van der Waals surface area contributed by atoms with E-state index in [1.165, 1.54) is 54.9 Å². The van der Waals surface area contributed by atoms with Crippen LogP contribution in [0.2, 0.25) is 0 Å². The van der Waals surface area contributed by atoms with Crippen molar-refractivity contribution in [1.82, 2.24) is 9.97 Å². The highest BCUT2D eigenvalue weighted by Gasteiger charge is 2.36. The molecule has 9 aromatic rings. The number of rotatable bonds is 5. The molecule has 0 saturated heterocycles. The topological polar surface area (TPSA) is 25.8 Å². The molecule has 0 spiro atoms. The second kappa shape index (κ2) is 12.3. The highest BCUT2D eigenvalue weighted by molar-refractivity contribution is 6.04. The Morgan fingerprint density at radius 3 is 1.75 bits per heavy atom. The second-order valence-corrected chi connectivity index (χ2v) is 14.6. The van der Waals surface area contributed by atoms with Crippen molar-refractivity contribution in [3.8, 4) is 67.3 Å². The van der Waals surface area contributed by atoms with Crippen LogP contribution in [0.3, 0.4) is 0 Å². The highest BCUT2D eigenvalue weighted by Crippen LogP contribution is 2.52. The minimum atomic E-state index is -0.0312.